The lowest BCUT2D eigenvalue weighted by Gasteiger charge is -2.15. The van der Waals surface area contributed by atoms with Crippen molar-refractivity contribution in [2.24, 2.45) is 0 Å². The fourth-order valence-corrected chi connectivity index (χ4v) is 2.71. The van der Waals surface area contributed by atoms with E-state index in [4.69, 9.17) is 0 Å². The summed E-state index contributed by atoms with van der Waals surface area (Å²) in [6.07, 6.45) is -4.85. The molecule has 1 aromatic heterocycles. The maximum atomic E-state index is 12.6. The minimum absolute atomic E-state index is 0.0282. The van der Waals surface area contributed by atoms with E-state index in [2.05, 4.69) is 30.1 Å². The topological polar surface area (TPSA) is 88.5 Å². The molecule has 0 aliphatic carbocycles. The first kappa shape index (κ1) is 24.0. The first-order valence-electron chi connectivity index (χ1n) is 9.56. The molecule has 0 bridgehead atoms. The number of hydrogen-bond donors (Lipinski definition) is 3. The highest BCUT2D eigenvalue weighted by atomic mass is 19.4. The molecule has 0 spiro atoms. The smallest absolute Gasteiger partial charge is 0.435 e. The summed E-state index contributed by atoms with van der Waals surface area (Å²) in [7, 11) is 0. The third kappa shape index (κ3) is 7.45. The van der Waals surface area contributed by atoms with E-state index in [0.29, 0.717) is 11.3 Å². The van der Waals surface area contributed by atoms with Gasteiger partial charge in [-0.1, -0.05) is 12.1 Å². The van der Waals surface area contributed by atoms with Crippen LogP contribution >= 0.6 is 0 Å². The zero-order chi connectivity index (χ0) is 24.0. The van der Waals surface area contributed by atoms with Gasteiger partial charge >= 0.3 is 13.0 Å². The number of hydrogen-bond acceptors (Lipinski definition) is 7. The number of nitrogens with zero attached hydrogens (tertiary/aromatic N) is 2. The molecule has 0 aliphatic heterocycles. The van der Waals surface area contributed by atoms with E-state index in [1.54, 1.807) is 13.0 Å². The lowest BCUT2D eigenvalue weighted by atomic mass is 10.1. The average Bonchev–Trinajstić information content (AvgIpc) is 2.73. The first-order chi connectivity index (χ1) is 15.6. The predicted molar refractivity (Wildman–Crippen MR) is 111 cm³/mol. The Hall–Kier alpha value is -3.67. The lowest BCUT2D eigenvalue weighted by molar-refractivity contribution is -0.274. The maximum Gasteiger partial charge on any atom is 0.573 e. The number of ether oxygens (including phenoxy) is 2. The van der Waals surface area contributed by atoms with Crippen molar-refractivity contribution >= 4 is 17.5 Å². The van der Waals surface area contributed by atoms with Crippen molar-refractivity contribution in [2.75, 3.05) is 17.2 Å². The van der Waals surface area contributed by atoms with Gasteiger partial charge in [-0.3, -0.25) is 0 Å². The molecule has 0 radical (unpaired) electrons. The van der Waals surface area contributed by atoms with Crippen molar-refractivity contribution < 1.29 is 36.5 Å². The Morgan fingerprint density at radius 2 is 1.73 bits per heavy atom. The van der Waals surface area contributed by atoms with E-state index >= 15 is 0 Å². The number of aromatic nitrogens is 2. The van der Waals surface area contributed by atoms with Crippen LogP contribution in [-0.2, 0) is 0 Å². The Labute approximate surface area is 185 Å². The molecule has 3 aromatic rings. The highest BCUT2D eigenvalue weighted by Gasteiger charge is 2.31. The monoisotopic (exact) mass is 470 g/mol. The standard InChI is InChI=1S/C21H19F5N4O3/c1-12(11-31)27-20-29-17(13-3-2-4-16(9-13)33-21(24,25)26)10-18(30-20)28-14-5-7-15(8-6-14)32-19(22)23/h2-10,12,19,31H,11H2,1H3,(H2,27,28,29,30)/t12-/m1/s1. The summed E-state index contributed by atoms with van der Waals surface area (Å²) in [5.74, 6) is -0.0748. The van der Waals surface area contributed by atoms with E-state index in [0.717, 1.165) is 6.07 Å². The van der Waals surface area contributed by atoms with Crippen molar-refractivity contribution in [1.29, 1.82) is 0 Å². The summed E-state index contributed by atoms with van der Waals surface area (Å²) >= 11 is 0. The lowest BCUT2D eigenvalue weighted by Crippen LogP contribution is -2.21. The van der Waals surface area contributed by atoms with Gasteiger partial charge in [0, 0.05) is 23.4 Å². The van der Waals surface area contributed by atoms with E-state index in [1.165, 1.54) is 42.5 Å². The molecule has 33 heavy (non-hydrogen) atoms. The second kappa shape index (κ2) is 10.3. The number of halogens is 5. The summed E-state index contributed by atoms with van der Waals surface area (Å²) in [5, 5.41) is 15.2. The molecule has 176 valence electrons. The van der Waals surface area contributed by atoms with E-state index in [9.17, 15) is 27.1 Å². The van der Waals surface area contributed by atoms with E-state index in [1.807, 2.05) is 0 Å². The second-order valence-corrected chi connectivity index (χ2v) is 6.79. The van der Waals surface area contributed by atoms with Crippen molar-refractivity contribution in [1.82, 2.24) is 9.97 Å². The molecule has 1 heterocycles. The number of anilines is 3. The van der Waals surface area contributed by atoms with Crippen LogP contribution in [0.15, 0.2) is 54.6 Å². The SMILES string of the molecule is C[C@H](CO)Nc1nc(Nc2ccc(OC(F)F)cc2)cc(-c2cccc(OC(F)(F)F)c2)n1. The maximum absolute atomic E-state index is 12.6. The highest BCUT2D eigenvalue weighted by Crippen LogP contribution is 2.29. The summed E-state index contributed by atoms with van der Waals surface area (Å²) in [6.45, 7) is -1.48. The molecule has 0 aliphatic rings. The molecular weight excluding hydrogens is 451 g/mol. The normalized spacial score (nSPS) is 12.4. The van der Waals surface area contributed by atoms with Crippen LogP contribution in [0.5, 0.6) is 11.5 Å². The highest BCUT2D eigenvalue weighted by molar-refractivity contribution is 5.68. The van der Waals surface area contributed by atoms with Crippen molar-refractivity contribution in [3.05, 3.63) is 54.6 Å². The third-order valence-electron chi connectivity index (χ3n) is 4.09. The van der Waals surface area contributed by atoms with Gasteiger partial charge in [-0.2, -0.15) is 13.8 Å². The predicted octanol–water partition coefficient (Wildman–Crippen LogP) is 5.18. The van der Waals surface area contributed by atoms with E-state index < -0.39 is 24.8 Å². The van der Waals surface area contributed by atoms with Crippen molar-refractivity contribution in [3.63, 3.8) is 0 Å². The molecule has 12 heteroatoms. The van der Waals surface area contributed by atoms with Gasteiger partial charge in [-0.25, -0.2) is 4.98 Å². The van der Waals surface area contributed by atoms with Crippen LogP contribution in [0.3, 0.4) is 0 Å². The fourth-order valence-electron chi connectivity index (χ4n) is 2.71. The number of rotatable bonds is 9. The van der Waals surface area contributed by atoms with Gasteiger partial charge in [0.25, 0.3) is 0 Å². The summed E-state index contributed by atoms with van der Waals surface area (Å²) < 4.78 is 70.7. The Morgan fingerprint density at radius 3 is 2.36 bits per heavy atom. The molecule has 3 rings (SSSR count). The van der Waals surface area contributed by atoms with Crippen LogP contribution in [0.1, 0.15) is 6.92 Å². The Balaban J connectivity index is 1.92. The molecule has 3 N–H and O–H groups in total. The number of alkyl halides is 5. The van der Waals surface area contributed by atoms with Gasteiger partial charge < -0.3 is 25.2 Å². The Bertz CT molecular complexity index is 1060. The van der Waals surface area contributed by atoms with Gasteiger partial charge in [0.2, 0.25) is 5.95 Å². The van der Waals surface area contributed by atoms with Crippen LogP contribution in [0.4, 0.5) is 39.4 Å². The molecule has 0 amide bonds. The van der Waals surface area contributed by atoms with Crippen molar-refractivity contribution in [2.45, 2.75) is 25.9 Å². The molecule has 2 aromatic carbocycles. The number of nitrogens with one attached hydrogen (secondary N) is 2. The molecule has 0 saturated heterocycles. The van der Waals surface area contributed by atoms with Crippen LogP contribution in [-0.4, -0.2) is 40.7 Å². The van der Waals surface area contributed by atoms with Crippen LogP contribution in [0, 0.1) is 0 Å². The van der Waals surface area contributed by atoms with Gasteiger partial charge in [0.1, 0.15) is 17.3 Å². The van der Waals surface area contributed by atoms with E-state index in [-0.39, 0.29) is 29.8 Å². The van der Waals surface area contributed by atoms with Crippen LogP contribution in [0.2, 0.25) is 0 Å². The first-order valence-corrected chi connectivity index (χ1v) is 9.56. The minimum Gasteiger partial charge on any atom is -0.435 e. The third-order valence-corrected chi connectivity index (χ3v) is 4.09. The van der Waals surface area contributed by atoms with Gasteiger partial charge in [0.05, 0.1) is 12.3 Å². The molecule has 0 unspecified atom stereocenters. The quantitative estimate of drug-likeness (QED) is 0.372. The van der Waals surface area contributed by atoms with Crippen molar-refractivity contribution in [3.8, 4) is 22.8 Å². The van der Waals surface area contributed by atoms with Gasteiger partial charge in [-0.15, -0.1) is 13.2 Å². The number of benzene rings is 2. The summed E-state index contributed by atoms with van der Waals surface area (Å²) in [6, 6.07) is 12.0. The Morgan fingerprint density at radius 1 is 1.00 bits per heavy atom. The second-order valence-electron chi connectivity index (χ2n) is 6.79. The van der Waals surface area contributed by atoms with Gasteiger partial charge in [-0.05, 0) is 43.3 Å². The number of aliphatic hydroxyl groups is 1. The van der Waals surface area contributed by atoms with Gasteiger partial charge in [0.15, 0.2) is 0 Å². The summed E-state index contributed by atoms with van der Waals surface area (Å²) in [5.41, 5.74) is 1.07. The molecule has 7 nitrogen and oxygen atoms in total. The zero-order valence-corrected chi connectivity index (χ0v) is 17.1. The fraction of sp³-hybridized carbons (Fsp3) is 0.238. The molecule has 1 atom stereocenters. The number of aliphatic hydroxyl groups excluding tert-OH is 1. The largest absolute Gasteiger partial charge is 0.573 e. The van der Waals surface area contributed by atoms with Crippen LogP contribution < -0.4 is 20.1 Å². The Kier molecular flexibility index (Phi) is 7.48. The van der Waals surface area contributed by atoms with Crippen LogP contribution in [0.25, 0.3) is 11.3 Å². The molecular formula is C21H19F5N4O3. The summed E-state index contributed by atoms with van der Waals surface area (Å²) in [4.78, 5) is 8.59. The molecule has 0 saturated carbocycles. The zero-order valence-electron chi connectivity index (χ0n) is 17.1. The minimum atomic E-state index is -4.85. The average molecular weight is 470 g/mol. The molecule has 0 fully saturated rings.